The summed E-state index contributed by atoms with van der Waals surface area (Å²) in [5, 5.41) is 2.62. The normalized spacial score (nSPS) is 20.8. The summed E-state index contributed by atoms with van der Waals surface area (Å²) >= 11 is 0. The molecule has 2 aliphatic rings. The Morgan fingerprint density at radius 3 is 2.92 bits per heavy atom. The highest BCUT2D eigenvalue weighted by Crippen LogP contribution is 2.32. The first-order valence-electron chi connectivity index (χ1n) is 7.73. The lowest BCUT2D eigenvalue weighted by Crippen LogP contribution is -2.46. The largest absolute Gasteiger partial charge is 0.454 e. The third kappa shape index (κ3) is 3.80. The zero-order valence-electron chi connectivity index (χ0n) is 13.4. The molecule has 2 aliphatic heterocycles. The molecule has 1 aromatic carbocycles. The molecule has 1 fully saturated rings. The van der Waals surface area contributed by atoms with E-state index in [4.69, 9.17) is 14.2 Å². The van der Waals surface area contributed by atoms with Crippen molar-refractivity contribution in [3.8, 4) is 11.5 Å². The molecule has 132 valence electrons. The second-order valence-corrected chi connectivity index (χ2v) is 7.77. The maximum absolute atomic E-state index is 12.3. The van der Waals surface area contributed by atoms with E-state index in [2.05, 4.69) is 5.32 Å². The maximum Gasteiger partial charge on any atom is 0.251 e. The Labute approximate surface area is 140 Å². The summed E-state index contributed by atoms with van der Waals surface area (Å²) in [6.45, 7) is 3.10. The van der Waals surface area contributed by atoms with Gasteiger partial charge >= 0.3 is 0 Å². The van der Waals surface area contributed by atoms with Crippen LogP contribution in [0.15, 0.2) is 18.2 Å². The van der Waals surface area contributed by atoms with Gasteiger partial charge < -0.3 is 19.5 Å². The van der Waals surface area contributed by atoms with Gasteiger partial charge in [-0.2, -0.15) is 4.31 Å². The Bertz CT molecular complexity index is 721. The predicted molar refractivity (Wildman–Crippen MR) is 85.7 cm³/mol. The number of hydrogen-bond acceptors (Lipinski definition) is 6. The van der Waals surface area contributed by atoms with Gasteiger partial charge in [-0.1, -0.05) is 0 Å². The van der Waals surface area contributed by atoms with Crippen molar-refractivity contribution in [1.82, 2.24) is 9.62 Å². The third-order valence-electron chi connectivity index (χ3n) is 3.88. The van der Waals surface area contributed by atoms with Gasteiger partial charge in [0.05, 0.1) is 18.5 Å². The minimum Gasteiger partial charge on any atom is -0.454 e. The molecule has 1 aromatic rings. The number of nitrogens with one attached hydrogen (secondary N) is 1. The van der Waals surface area contributed by atoms with Gasteiger partial charge in [-0.15, -0.1) is 0 Å². The molecule has 8 nitrogen and oxygen atoms in total. The number of nitrogens with zero attached hydrogens (tertiary/aromatic N) is 1. The number of fused-ring (bicyclic) bond motifs is 1. The molecule has 0 spiro atoms. The monoisotopic (exact) mass is 356 g/mol. The van der Waals surface area contributed by atoms with Crippen LogP contribution in [0.25, 0.3) is 0 Å². The lowest BCUT2D eigenvalue weighted by molar-refractivity contribution is 0.0102. The number of carbonyl (C=O) groups excluding carboxylic acids is 1. The quantitative estimate of drug-likeness (QED) is 0.810. The summed E-state index contributed by atoms with van der Waals surface area (Å²) in [5.41, 5.74) is 0.400. The fourth-order valence-corrected chi connectivity index (χ4v) is 4.01. The first kappa shape index (κ1) is 17.0. The first-order chi connectivity index (χ1) is 11.5. The van der Waals surface area contributed by atoms with Gasteiger partial charge in [0.25, 0.3) is 5.91 Å². The van der Waals surface area contributed by atoms with E-state index in [9.17, 15) is 13.2 Å². The SMILES string of the molecule is CC1CN(S(=O)(=O)CCNC(=O)c2ccc3c(c2)OCO3)CCO1. The van der Waals surface area contributed by atoms with Crippen molar-refractivity contribution in [1.29, 1.82) is 0 Å². The minimum atomic E-state index is -3.41. The molecule has 0 radical (unpaired) electrons. The van der Waals surface area contributed by atoms with Gasteiger partial charge in [0.1, 0.15) is 0 Å². The Kier molecular flexibility index (Phi) is 4.93. The fourth-order valence-electron chi connectivity index (χ4n) is 2.60. The fraction of sp³-hybridized carbons (Fsp3) is 0.533. The number of sulfonamides is 1. The van der Waals surface area contributed by atoms with E-state index in [1.165, 1.54) is 4.31 Å². The summed E-state index contributed by atoms with van der Waals surface area (Å²) in [5.74, 6) is 0.614. The zero-order chi connectivity index (χ0) is 17.2. The Hall–Kier alpha value is -1.84. The number of carbonyl (C=O) groups is 1. The van der Waals surface area contributed by atoms with E-state index >= 15 is 0 Å². The van der Waals surface area contributed by atoms with Crippen LogP contribution in [0.2, 0.25) is 0 Å². The van der Waals surface area contributed by atoms with Gasteiger partial charge in [0.15, 0.2) is 11.5 Å². The van der Waals surface area contributed by atoms with Crippen molar-refractivity contribution in [2.45, 2.75) is 13.0 Å². The highest BCUT2D eigenvalue weighted by atomic mass is 32.2. The molecule has 1 amide bonds. The van der Waals surface area contributed by atoms with E-state index in [-0.39, 0.29) is 31.1 Å². The van der Waals surface area contributed by atoms with E-state index < -0.39 is 10.0 Å². The maximum atomic E-state index is 12.3. The highest BCUT2D eigenvalue weighted by Gasteiger charge is 2.27. The number of rotatable bonds is 5. The lowest BCUT2D eigenvalue weighted by atomic mass is 10.2. The molecule has 0 bridgehead atoms. The van der Waals surface area contributed by atoms with Crippen molar-refractivity contribution in [3.63, 3.8) is 0 Å². The van der Waals surface area contributed by atoms with Crippen LogP contribution in [0.5, 0.6) is 11.5 Å². The topological polar surface area (TPSA) is 94.2 Å². The van der Waals surface area contributed by atoms with Gasteiger partial charge in [0.2, 0.25) is 16.8 Å². The van der Waals surface area contributed by atoms with Crippen LogP contribution in [0.1, 0.15) is 17.3 Å². The second kappa shape index (κ2) is 6.96. The third-order valence-corrected chi connectivity index (χ3v) is 5.72. The Morgan fingerprint density at radius 1 is 1.33 bits per heavy atom. The Balaban J connectivity index is 1.53. The van der Waals surface area contributed by atoms with E-state index in [0.29, 0.717) is 36.8 Å². The molecule has 0 aromatic heterocycles. The van der Waals surface area contributed by atoms with Crippen molar-refractivity contribution in [2.75, 3.05) is 38.8 Å². The summed E-state index contributed by atoms with van der Waals surface area (Å²) in [7, 11) is -3.41. The smallest absolute Gasteiger partial charge is 0.251 e. The minimum absolute atomic E-state index is 0.0430. The first-order valence-corrected chi connectivity index (χ1v) is 9.34. The van der Waals surface area contributed by atoms with Crippen LogP contribution in [0.4, 0.5) is 0 Å². The Morgan fingerprint density at radius 2 is 2.12 bits per heavy atom. The van der Waals surface area contributed by atoms with Crippen molar-refractivity contribution in [2.24, 2.45) is 0 Å². The number of hydrogen-bond donors (Lipinski definition) is 1. The lowest BCUT2D eigenvalue weighted by Gasteiger charge is -2.30. The highest BCUT2D eigenvalue weighted by molar-refractivity contribution is 7.89. The van der Waals surface area contributed by atoms with Gasteiger partial charge in [-0.05, 0) is 25.1 Å². The summed E-state index contributed by atoms with van der Waals surface area (Å²) < 4.78 is 41.7. The predicted octanol–water partition coefficient (Wildman–Crippen LogP) is 0.196. The molecular weight excluding hydrogens is 336 g/mol. The van der Waals surface area contributed by atoms with E-state index in [1.54, 1.807) is 18.2 Å². The van der Waals surface area contributed by atoms with Crippen LogP contribution in [0.3, 0.4) is 0 Å². The van der Waals surface area contributed by atoms with Gasteiger partial charge in [-0.3, -0.25) is 4.79 Å². The molecule has 0 aliphatic carbocycles. The standard InChI is InChI=1S/C15H20N2O6S/c1-11-9-17(5-6-21-11)24(19,20)7-4-16-15(18)12-2-3-13-14(8-12)23-10-22-13/h2-3,8,11H,4-7,9-10H2,1H3,(H,16,18). The molecule has 1 atom stereocenters. The van der Waals surface area contributed by atoms with Gasteiger partial charge in [-0.25, -0.2) is 8.42 Å². The van der Waals surface area contributed by atoms with Crippen molar-refractivity contribution in [3.05, 3.63) is 23.8 Å². The number of benzene rings is 1. The van der Waals surface area contributed by atoms with Crippen LogP contribution in [0, 0.1) is 0 Å². The molecule has 1 unspecified atom stereocenters. The van der Waals surface area contributed by atoms with E-state index in [0.717, 1.165) is 0 Å². The molecule has 1 N–H and O–H groups in total. The number of ether oxygens (including phenoxy) is 3. The summed E-state index contributed by atoms with van der Waals surface area (Å²) in [4.78, 5) is 12.1. The summed E-state index contributed by atoms with van der Waals surface area (Å²) in [6.07, 6.45) is -0.114. The van der Waals surface area contributed by atoms with Crippen molar-refractivity contribution >= 4 is 15.9 Å². The molecule has 0 saturated carbocycles. The van der Waals surface area contributed by atoms with Crippen LogP contribution in [-0.4, -0.2) is 63.5 Å². The average molecular weight is 356 g/mol. The molecule has 1 saturated heterocycles. The van der Waals surface area contributed by atoms with Crippen LogP contribution in [-0.2, 0) is 14.8 Å². The zero-order valence-corrected chi connectivity index (χ0v) is 14.2. The van der Waals surface area contributed by atoms with Crippen LogP contribution >= 0.6 is 0 Å². The summed E-state index contributed by atoms with van der Waals surface area (Å²) in [6, 6.07) is 4.85. The van der Waals surface area contributed by atoms with Crippen molar-refractivity contribution < 1.29 is 27.4 Å². The number of morpholine rings is 1. The average Bonchev–Trinajstić information content (AvgIpc) is 3.02. The second-order valence-electron chi connectivity index (χ2n) is 5.68. The number of amides is 1. The van der Waals surface area contributed by atoms with E-state index in [1.807, 2.05) is 6.92 Å². The molecular formula is C15H20N2O6S. The van der Waals surface area contributed by atoms with Crippen LogP contribution < -0.4 is 14.8 Å². The van der Waals surface area contributed by atoms with Gasteiger partial charge in [0, 0.05) is 25.2 Å². The molecule has 24 heavy (non-hydrogen) atoms. The molecule has 3 rings (SSSR count). The molecule has 9 heteroatoms. The molecule has 2 heterocycles.